The molecular formula is C12H16ClN. The van der Waals surface area contributed by atoms with Crippen LogP contribution in [-0.4, -0.2) is 13.1 Å². The first-order valence-corrected chi connectivity index (χ1v) is 5.55. The molecular weight excluding hydrogens is 194 g/mol. The maximum atomic E-state index is 5.97. The Kier molecular flexibility index (Phi) is 2.80. The van der Waals surface area contributed by atoms with Gasteiger partial charge < -0.3 is 5.32 Å². The lowest BCUT2D eigenvalue weighted by Crippen LogP contribution is -2.27. The van der Waals surface area contributed by atoms with Crippen LogP contribution in [0.25, 0.3) is 0 Å². The molecule has 0 aliphatic heterocycles. The number of likely N-dealkylation sites (N-methyl/N-ethyl adjacent to an activating group) is 1. The van der Waals surface area contributed by atoms with Crippen LogP contribution in [0.4, 0.5) is 0 Å². The number of aryl methyl sites for hydroxylation is 1. The Morgan fingerprint density at radius 1 is 1.50 bits per heavy atom. The van der Waals surface area contributed by atoms with Crippen LogP contribution in [0.5, 0.6) is 0 Å². The molecule has 0 amide bonds. The lowest BCUT2D eigenvalue weighted by atomic mass is 9.94. The molecule has 14 heavy (non-hydrogen) atoms. The van der Waals surface area contributed by atoms with E-state index in [0.29, 0.717) is 12.0 Å². The second-order valence-corrected chi connectivity index (χ2v) is 4.50. The molecule has 0 saturated heterocycles. The number of hydrogen-bond acceptors (Lipinski definition) is 1. The summed E-state index contributed by atoms with van der Waals surface area (Å²) >= 11 is 5.97. The van der Waals surface area contributed by atoms with Gasteiger partial charge in [-0.05, 0) is 56.0 Å². The van der Waals surface area contributed by atoms with Gasteiger partial charge in [0.1, 0.15) is 0 Å². The summed E-state index contributed by atoms with van der Waals surface area (Å²) < 4.78 is 0. The lowest BCUT2D eigenvalue weighted by Gasteiger charge is -2.19. The summed E-state index contributed by atoms with van der Waals surface area (Å²) in [5, 5.41) is 4.19. The molecule has 0 radical (unpaired) electrons. The molecule has 0 spiro atoms. The van der Waals surface area contributed by atoms with Gasteiger partial charge in [-0.15, -0.1) is 0 Å². The number of hydrogen-bond donors (Lipinski definition) is 1. The molecule has 2 rings (SSSR count). The van der Waals surface area contributed by atoms with Gasteiger partial charge in [-0.1, -0.05) is 17.7 Å². The second kappa shape index (κ2) is 3.92. The molecule has 2 unspecified atom stereocenters. The summed E-state index contributed by atoms with van der Waals surface area (Å²) in [4.78, 5) is 0. The molecule has 1 aliphatic carbocycles. The van der Waals surface area contributed by atoms with E-state index in [9.17, 15) is 0 Å². The van der Waals surface area contributed by atoms with E-state index in [2.05, 4.69) is 24.4 Å². The Morgan fingerprint density at radius 3 is 3.00 bits per heavy atom. The second-order valence-electron chi connectivity index (χ2n) is 4.07. The number of halogens is 1. The minimum atomic E-state index is 0.553. The van der Waals surface area contributed by atoms with Gasteiger partial charge in [0.25, 0.3) is 0 Å². The molecule has 1 nitrogen and oxygen atoms in total. The summed E-state index contributed by atoms with van der Waals surface area (Å²) in [5.74, 6) is 0.660. The predicted octanol–water partition coefficient (Wildman–Crippen LogP) is 2.98. The number of rotatable bonds is 2. The first-order valence-electron chi connectivity index (χ1n) is 5.18. The fourth-order valence-corrected chi connectivity index (χ4v) is 2.53. The van der Waals surface area contributed by atoms with Crippen molar-refractivity contribution in [2.24, 2.45) is 0 Å². The SMILES string of the molecule is CNC(C)C1CCc2cc(Cl)ccc21. The van der Waals surface area contributed by atoms with Crippen LogP contribution in [0, 0.1) is 0 Å². The van der Waals surface area contributed by atoms with Crippen LogP contribution in [0.1, 0.15) is 30.4 Å². The summed E-state index contributed by atoms with van der Waals surface area (Å²) in [6.07, 6.45) is 2.42. The molecule has 1 aromatic carbocycles. The number of benzene rings is 1. The molecule has 1 aromatic rings. The van der Waals surface area contributed by atoms with E-state index in [4.69, 9.17) is 11.6 Å². The monoisotopic (exact) mass is 209 g/mol. The quantitative estimate of drug-likeness (QED) is 0.790. The highest BCUT2D eigenvalue weighted by Gasteiger charge is 2.26. The molecule has 2 heteroatoms. The smallest absolute Gasteiger partial charge is 0.0408 e. The average Bonchev–Trinajstić information content (AvgIpc) is 2.59. The highest BCUT2D eigenvalue weighted by atomic mass is 35.5. The fourth-order valence-electron chi connectivity index (χ4n) is 2.34. The standard InChI is InChI=1S/C12H16ClN/c1-8(14-2)11-5-3-9-7-10(13)4-6-12(9)11/h4,6-8,11,14H,3,5H2,1-2H3. The fraction of sp³-hybridized carbons (Fsp3) is 0.500. The summed E-state index contributed by atoms with van der Waals surface area (Å²) in [5.41, 5.74) is 2.92. The zero-order chi connectivity index (χ0) is 10.1. The third kappa shape index (κ3) is 1.67. The van der Waals surface area contributed by atoms with Gasteiger partial charge in [-0.3, -0.25) is 0 Å². The Morgan fingerprint density at radius 2 is 2.29 bits per heavy atom. The van der Waals surface area contributed by atoms with Gasteiger partial charge in [0, 0.05) is 11.1 Å². The molecule has 2 atom stereocenters. The van der Waals surface area contributed by atoms with Crippen LogP contribution in [0.3, 0.4) is 0 Å². The first kappa shape index (κ1) is 10.0. The van der Waals surface area contributed by atoms with Crippen molar-refractivity contribution in [3.05, 3.63) is 34.3 Å². The van der Waals surface area contributed by atoms with E-state index in [0.717, 1.165) is 5.02 Å². The van der Waals surface area contributed by atoms with E-state index in [-0.39, 0.29) is 0 Å². The highest BCUT2D eigenvalue weighted by molar-refractivity contribution is 6.30. The molecule has 0 heterocycles. The van der Waals surface area contributed by atoms with Gasteiger partial charge in [-0.25, -0.2) is 0 Å². The van der Waals surface area contributed by atoms with Crippen molar-refractivity contribution in [3.63, 3.8) is 0 Å². The molecule has 1 N–H and O–H groups in total. The van der Waals surface area contributed by atoms with Crippen molar-refractivity contribution in [1.82, 2.24) is 5.32 Å². The van der Waals surface area contributed by atoms with Crippen molar-refractivity contribution in [3.8, 4) is 0 Å². The van der Waals surface area contributed by atoms with Gasteiger partial charge in [0.05, 0.1) is 0 Å². The third-order valence-corrected chi connectivity index (χ3v) is 3.52. The first-order chi connectivity index (χ1) is 6.72. The largest absolute Gasteiger partial charge is 0.317 e. The Hall–Kier alpha value is -0.530. The van der Waals surface area contributed by atoms with Crippen molar-refractivity contribution < 1.29 is 0 Å². The Labute approximate surface area is 90.5 Å². The van der Waals surface area contributed by atoms with Crippen LogP contribution in [0.2, 0.25) is 5.02 Å². The summed E-state index contributed by atoms with van der Waals surface area (Å²) in [6.45, 7) is 2.24. The van der Waals surface area contributed by atoms with Crippen molar-refractivity contribution in [1.29, 1.82) is 0 Å². The van der Waals surface area contributed by atoms with E-state index in [1.165, 1.54) is 24.0 Å². The molecule has 0 saturated carbocycles. The van der Waals surface area contributed by atoms with Gasteiger partial charge in [-0.2, -0.15) is 0 Å². The molecule has 76 valence electrons. The minimum Gasteiger partial charge on any atom is -0.317 e. The number of nitrogens with one attached hydrogen (secondary N) is 1. The Bertz CT molecular complexity index is 335. The van der Waals surface area contributed by atoms with Crippen LogP contribution < -0.4 is 5.32 Å². The predicted molar refractivity (Wildman–Crippen MR) is 61.0 cm³/mol. The van der Waals surface area contributed by atoms with Crippen molar-refractivity contribution in [2.75, 3.05) is 7.05 Å². The normalized spacial score (nSPS) is 22.1. The van der Waals surface area contributed by atoms with E-state index in [1.54, 1.807) is 0 Å². The molecule has 0 fully saturated rings. The average molecular weight is 210 g/mol. The Balaban J connectivity index is 2.31. The zero-order valence-electron chi connectivity index (χ0n) is 8.68. The van der Waals surface area contributed by atoms with Crippen molar-refractivity contribution in [2.45, 2.75) is 31.7 Å². The lowest BCUT2D eigenvalue weighted by molar-refractivity contribution is 0.492. The third-order valence-electron chi connectivity index (χ3n) is 3.29. The van der Waals surface area contributed by atoms with Gasteiger partial charge in [0.2, 0.25) is 0 Å². The zero-order valence-corrected chi connectivity index (χ0v) is 9.43. The summed E-state index contributed by atoms with van der Waals surface area (Å²) in [7, 11) is 2.03. The van der Waals surface area contributed by atoms with Gasteiger partial charge in [0.15, 0.2) is 0 Å². The highest BCUT2D eigenvalue weighted by Crippen LogP contribution is 2.36. The topological polar surface area (TPSA) is 12.0 Å². The molecule has 0 aromatic heterocycles. The molecule has 1 aliphatic rings. The van der Waals surface area contributed by atoms with Crippen LogP contribution in [-0.2, 0) is 6.42 Å². The maximum Gasteiger partial charge on any atom is 0.0408 e. The minimum absolute atomic E-state index is 0.553. The van der Waals surface area contributed by atoms with Crippen LogP contribution >= 0.6 is 11.6 Å². The number of fused-ring (bicyclic) bond motifs is 1. The summed E-state index contributed by atoms with van der Waals surface area (Å²) in [6, 6.07) is 6.85. The molecule has 0 bridgehead atoms. The van der Waals surface area contributed by atoms with E-state index in [1.807, 2.05) is 13.1 Å². The van der Waals surface area contributed by atoms with Crippen LogP contribution in [0.15, 0.2) is 18.2 Å². The van der Waals surface area contributed by atoms with Crippen molar-refractivity contribution >= 4 is 11.6 Å². The maximum absolute atomic E-state index is 5.97. The van der Waals surface area contributed by atoms with E-state index >= 15 is 0 Å². The van der Waals surface area contributed by atoms with E-state index < -0.39 is 0 Å². The van der Waals surface area contributed by atoms with Gasteiger partial charge >= 0.3 is 0 Å².